The van der Waals surface area contributed by atoms with Crippen LogP contribution in [0.15, 0.2) is 82.3 Å². The maximum atomic E-state index is 13.7. The molecule has 0 unspecified atom stereocenters. The second-order valence-electron chi connectivity index (χ2n) is 8.63. The molecule has 2 N–H and O–H groups in total. The van der Waals surface area contributed by atoms with Gasteiger partial charge in [-0.3, -0.25) is 4.79 Å². The Morgan fingerprint density at radius 1 is 1.14 bits per heavy atom. The van der Waals surface area contributed by atoms with Crippen molar-refractivity contribution in [3.8, 4) is 5.75 Å². The summed E-state index contributed by atoms with van der Waals surface area (Å²) in [6, 6.07) is 21.0. The van der Waals surface area contributed by atoms with Crippen molar-refractivity contribution in [2.45, 2.75) is 38.0 Å². The predicted molar refractivity (Wildman–Crippen MR) is 140 cm³/mol. The highest BCUT2D eigenvalue weighted by atomic mass is 79.9. The van der Waals surface area contributed by atoms with Crippen LogP contribution in [0.3, 0.4) is 0 Å². The van der Waals surface area contributed by atoms with Crippen molar-refractivity contribution in [3.05, 3.63) is 99.8 Å². The smallest absolute Gasteiger partial charge is 0.252 e. The average Bonchev–Trinajstić information content (AvgIpc) is 3.22. The molecule has 1 heterocycles. The van der Waals surface area contributed by atoms with E-state index in [4.69, 9.17) is 19.6 Å². The first-order valence-corrected chi connectivity index (χ1v) is 12.6. The Labute approximate surface area is 218 Å². The van der Waals surface area contributed by atoms with Gasteiger partial charge in [-0.15, -0.1) is 0 Å². The first kappa shape index (κ1) is 25.9. The summed E-state index contributed by atoms with van der Waals surface area (Å²) in [6.07, 6.45) is 0.351. The summed E-state index contributed by atoms with van der Waals surface area (Å²) in [4.78, 5) is 18.5. The molecule has 1 amide bonds. The molecule has 0 aromatic heterocycles. The van der Waals surface area contributed by atoms with E-state index >= 15 is 0 Å². The lowest BCUT2D eigenvalue weighted by Gasteiger charge is -2.28. The summed E-state index contributed by atoms with van der Waals surface area (Å²) in [5, 5.41) is 11.9. The van der Waals surface area contributed by atoms with E-state index in [2.05, 4.69) is 21.2 Å². The zero-order valence-electron chi connectivity index (χ0n) is 19.9. The van der Waals surface area contributed by atoms with E-state index in [0.29, 0.717) is 31.1 Å². The molecular weight excluding hydrogens is 527 g/mol. The van der Waals surface area contributed by atoms with Crippen LogP contribution in [0.25, 0.3) is 0 Å². The fourth-order valence-corrected chi connectivity index (χ4v) is 4.44. The van der Waals surface area contributed by atoms with Crippen LogP contribution >= 0.6 is 15.9 Å². The average molecular weight is 555 g/mol. The van der Waals surface area contributed by atoms with Gasteiger partial charge in [-0.25, -0.2) is 9.38 Å². The molecule has 0 bridgehead atoms. The van der Waals surface area contributed by atoms with Crippen LogP contribution in [-0.4, -0.2) is 41.8 Å². The van der Waals surface area contributed by atoms with Gasteiger partial charge in [-0.05, 0) is 60.5 Å². The summed E-state index contributed by atoms with van der Waals surface area (Å²) in [5.74, 6) is 0.463. The quantitative estimate of drug-likeness (QED) is 0.352. The van der Waals surface area contributed by atoms with E-state index in [1.165, 1.54) is 12.1 Å². The van der Waals surface area contributed by atoms with Gasteiger partial charge in [0.15, 0.2) is 5.54 Å². The largest absolute Gasteiger partial charge is 0.494 e. The molecule has 188 valence electrons. The van der Waals surface area contributed by atoms with Gasteiger partial charge >= 0.3 is 0 Å². The molecule has 6 nitrogen and oxygen atoms in total. The van der Waals surface area contributed by atoms with Crippen LogP contribution in [0.1, 0.15) is 30.0 Å². The highest BCUT2D eigenvalue weighted by molar-refractivity contribution is 9.10. The summed E-state index contributed by atoms with van der Waals surface area (Å²) >= 11 is 3.59. The Kier molecular flexibility index (Phi) is 8.38. The second-order valence-corrected chi connectivity index (χ2v) is 9.48. The lowest BCUT2D eigenvalue weighted by atomic mass is 9.86. The molecule has 3 aromatic carbocycles. The number of carbonyl (C=O) groups excluding carboxylic acids is 1. The topological polar surface area (TPSA) is 80.2 Å². The molecule has 0 radical (unpaired) electrons. The normalized spacial score (nSPS) is 18.9. The third-order valence-corrected chi connectivity index (χ3v) is 6.89. The van der Waals surface area contributed by atoms with E-state index in [0.717, 1.165) is 21.2 Å². The summed E-state index contributed by atoms with van der Waals surface area (Å²) in [6.45, 7) is 2.59. The van der Waals surface area contributed by atoms with Gasteiger partial charge in [0, 0.05) is 36.0 Å². The van der Waals surface area contributed by atoms with E-state index in [-0.39, 0.29) is 24.9 Å². The van der Waals surface area contributed by atoms with Crippen molar-refractivity contribution in [2.75, 3.05) is 13.2 Å². The minimum absolute atomic E-state index is 0.0729. The number of aliphatic hydroxyl groups is 1. The molecule has 0 saturated carbocycles. The second kappa shape index (κ2) is 11.7. The van der Waals surface area contributed by atoms with Gasteiger partial charge in [0.2, 0.25) is 5.90 Å². The van der Waals surface area contributed by atoms with Gasteiger partial charge in [-0.1, -0.05) is 46.3 Å². The van der Waals surface area contributed by atoms with Crippen molar-refractivity contribution in [2.24, 2.45) is 4.99 Å². The van der Waals surface area contributed by atoms with E-state index in [1.54, 1.807) is 12.1 Å². The summed E-state index contributed by atoms with van der Waals surface area (Å²) in [7, 11) is 0. The highest BCUT2D eigenvalue weighted by Gasteiger charge is 2.50. The van der Waals surface area contributed by atoms with Crippen LogP contribution < -0.4 is 10.1 Å². The first-order chi connectivity index (χ1) is 17.4. The minimum Gasteiger partial charge on any atom is -0.494 e. The maximum absolute atomic E-state index is 13.7. The van der Waals surface area contributed by atoms with Crippen molar-refractivity contribution in [1.29, 1.82) is 0 Å². The number of rotatable bonds is 10. The number of hydrogen-bond donors (Lipinski definition) is 2. The zero-order valence-corrected chi connectivity index (χ0v) is 21.5. The number of ether oxygens (including phenoxy) is 2. The fraction of sp³-hybridized carbons (Fsp3) is 0.286. The molecule has 3 aromatic rings. The van der Waals surface area contributed by atoms with Crippen molar-refractivity contribution in [1.82, 2.24) is 5.32 Å². The first-order valence-electron chi connectivity index (χ1n) is 11.8. The maximum Gasteiger partial charge on any atom is 0.252 e. The van der Waals surface area contributed by atoms with Gasteiger partial charge < -0.3 is 19.9 Å². The number of nitrogens with zero attached hydrogens (tertiary/aromatic N) is 1. The highest BCUT2D eigenvalue weighted by Crippen LogP contribution is 2.34. The molecule has 0 fully saturated rings. The lowest BCUT2D eigenvalue weighted by molar-refractivity contribution is -0.128. The Morgan fingerprint density at radius 2 is 1.86 bits per heavy atom. The molecule has 1 aliphatic rings. The number of aliphatic imine (C=N–C) groups is 1. The Bertz CT molecular complexity index is 1220. The summed E-state index contributed by atoms with van der Waals surface area (Å²) < 4.78 is 25.9. The molecule has 0 aliphatic carbocycles. The van der Waals surface area contributed by atoms with Crippen LogP contribution in [0.5, 0.6) is 5.75 Å². The SMILES string of the molecule is C[C@H]1OC(c2ccc(OCCCO)cc2)=N[C@@]1(Cc1ccccc1Br)C(=O)NCc1ccc(F)cc1. The molecule has 1 aliphatic heterocycles. The van der Waals surface area contributed by atoms with Gasteiger partial charge in [0.1, 0.15) is 17.7 Å². The molecule has 0 spiro atoms. The molecule has 36 heavy (non-hydrogen) atoms. The zero-order chi connectivity index (χ0) is 25.5. The Balaban J connectivity index is 1.61. The standard InChI is InChI=1S/C28H28BrFN2O4/c1-19-28(17-22-5-2-3-6-25(22)29,27(34)31-18-20-7-11-23(30)12-8-20)32-26(36-19)21-9-13-24(14-10-21)35-16-4-15-33/h2-3,5-14,19,33H,4,15-18H2,1H3,(H,31,34)/t19-,28-/m1/s1. The number of aliphatic hydroxyl groups excluding tert-OH is 1. The van der Waals surface area contributed by atoms with Crippen LogP contribution in [0.2, 0.25) is 0 Å². The number of carbonyl (C=O) groups is 1. The monoisotopic (exact) mass is 554 g/mol. The van der Waals surface area contributed by atoms with Gasteiger partial charge in [0.05, 0.1) is 6.61 Å². The molecular formula is C28H28BrFN2O4. The fourth-order valence-electron chi connectivity index (χ4n) is 4.01. The minimum atomic E-state index is -1.20. The number of amides is 1. The lowest BCUT2D eigenvalue weighted by Crippen LogP contribution is -2.52. The van der Waals surface area contributed by atoms with Crippen molar-refractivity contribution < 1.29 is 23.8 Å². The third kappa shape index (κ3) is 5.94. The number of halogens is 2. The Morgan fingerprint density at radius 3 is 2.56 bits per heavy atom. The number of benzene rings is 3. The van der Waals surface area contributed by atoms with Crippen molar-refractivity contribution in [3.63, 3.8) is 0 Å². The molecule has 0 saturated heterocycles. The van der Waals surface area contributed by atoms with Crippen molar-refractivity contribution >= 4 is 27.7 Å². The molecule has 4 rings (SSSR count). The van der Waals surface area contributed by atoms with Crippen LogP contribution in [0.4, 0.5) is 4.39 Å². The van der Waals surface area contributed by atoms with E-state index in [1.807, 2.05) is 55.5 Å². The molecule has 2 atom stereocenters. The number of hydrogen-bond acceptors (Lipinski definition) is 5. The van der Waals surface area contributed by atoms with E-state index < -0.39 is 11.6 Å². The van der Waals surface area contributed by atoms with Gasteiger partial charge in [0.25, 0.3) is 5.91 Å². The molecule has 8 heteroatoms. The van der Waals surface area contributed by atoms with Crippen LogP contribution in [-0.2, 0) is 22.5 Å². The Hall–Kier alpha value is -3.23. The predicted octanol–water partition coefficient (Wildman–Crippen LogP) is 4.81. The van der Waals surface area contributed by atoms with Gasteiger partial charge in [-0.2, -0.15) is 0 Å². The van der Waals surface area contributed by atoms with E-state index in [9.17, 15) is 9.18 Å². The van der Waals surface area contributed by atoms with Crippen LogP contribution in [0, 0.1) is 5.82 Å². The third-order valence-electron chi connectivity index (χ3n) is 6.11. The summed E-state index contributed by atoms with van der Waals surface area (Å²) in [5.41, 5.74) is 1.25. The number of nitrogens with one attached hydrogen (secondary N) is 1.